The first kappa shape index (κ1) is 20.2. The molecule has 32 heavy (non-hydrogen) atoms. The fraction of sp³-hybridized carbons (Fsp3) is 0.0909. The highest BCUT2D eigenvalue weighted by Gasteiger charge is 2.30. The molecule has 4 heterocycles. The zero-order chi connectivity index (χ0) is 22.5. The predicted octanol–water partition coefficient (Wildman–Crippen LogP) is 3.75. The lowest BCUT2D eigenvalue weighted by Crippen LogP contribution is -2.32. The molecule has 162 valence electrons. The second-order valence-electron chi connectivity index (χ2n) is 7.44. The van der Waals surface area contributed by atoms with Gasteiger partial charge in [-0.2, -0.15) is 0 Å². The molecule has 0 unspecified atom stereocenters. The van der Waals surface area contributed by atoms with Gasteiger partial charge < -0.3 is 10.4 Å². The average molecular weight is 449 g/mol. The van der Waals surface area contributed by atoms with Gasteiger partial charge in [0.05, 0.1) is 17.6 Å². The maximum Gasteiger partial charge on any atom is 0.267 e. The fourth-order valence-corrected chi connectivity index (χ4v) is 4.92. The van der Waals surface area contributed by atoms with Crippen LogP contribution in [0.5, 0.6) is 5.75 Å². The van der Waals surface area contributed by atoms with Gasteiger partial charge in [0.25, 0.3) is 5.56 Å². The maximum absolute atomic E-state index is 13.6. The molecule has 0 bridgehead atoms. The molecule has 0 amide bonds. The summed E-state index contributed by atoms with van der Waals surface area (Å²) >= 11 is 0. The van der Waals surface area contributed by atoms with Crippen molar-refractivity contribution in [2.75, 3.05) is 5.32 Å². The van der Waals surface area contributed by atoms with Crippen molar-refractivity contribution in [3.63, 3.8) is 0 Å². The van der Waals surface area contributed by atoms with Gasteiger partial charge in [-0.3, -0.25) is 23.5 Å². The Kier molecular flexibility index (Phi) is 4.70. The number of rotatable bonds is 3. The minimum atomic E-state index is -3.56. The molecular weight excluding hydrogens is 430 g/mol. The number of aromatic nitrogens is 3. The van der Waals surface area contributed by atoms with Crippen LogP contribution in [-0.4, -0.2) is 34.6 Å². The van der Waals surface area contributed by atoms with E-state index in [-0.39, 0.29) is 28.6 Å². The Morgan fingerprint density at radius 1 is 1.12 bits per heavy atom. The molecule has 0 radical (unpaired) electrons. The van der Waals surface area contributed by atoms with Crippen LogP contribution in [0.3, 0.4) is 0 Å². The molecule has 1 aliphatic heterocycles. The number of anilines is 1. The molecule has 5 rings (SSSR count). The summed E-state index contributed by atoms with van der Waals surface area (Å²) in [6.45, 7) is 2.06. The molecule has 1 aromatic carbocycles. The van der Waals surface area contributed by atoms with E-state index in [1.807, 2.05) is 13.0 Å². The van der Waals surface area contributed by atoms with Gasteiger partial charge in [0.2, 0.25) is 0 Å². The van der Waals surface area contributed by atoms with Crippen LogP contribution >= 0.6 is 10.8 Å². The molecule has 9 nitrogen and oxygen atoms in total. The van der Waals surface area contributed by atoms with Crippen molar-refractivity contribution in [1.29, 1.82) is 0 Å². The third kappa shape index (κ3) is 3.30. The van der Waals surface area contributed by atoms with E-state index in [0.29, 0.717) is 16.7 Å². The maximum atomic E-state index is 13.6. The highest BCUT2D eigenvalue weighted by atomic mass is 32.3. The number of benzene rings is 1. The lowest BCUT2D eigenvalue weighted by atomic mass is 10.1. The summed E-state index contributed by atoms with van der Waals surface area (Å²) in [4.78, 5) is 22.3. The normalized spacial score (nSPS) is 15.5. The minimum Gasteiger partial charge on any atom is -0.506 e. The molecule has 0 spiro atoms. The largest absolute Gasteiger partial charge is 0.506 e. The molecule has 4 N–H and O–H groups in total. The molecule has 0 saturated heterocycles. The van der Waals surface area contributed by atoms with Gasteiger partial charge in [0, 0.05) is 18.6 Å². The quantitative estimate of drug-likeness (QED) is 0.374. The van der Waals surface area contributed by atoms with Gasteiger partial charge in [-0.25, -0.2) is 4.98 Å². The van der Waals surface area contributed by atoms with Crippen LogP contribution in [0.15, 0.2) is 75.1 Å². The summed E-state index contributed by atoms with van der Waals surface area (Å²) in [5.74, 6) is -0.453. The lowest BCUT2D eigenvalue weighted by Gasteiger charge is -2.34. The highest BCUT2D eigenvalue weighted by molar-refractivity contribution is 8.23. The van der Waals surface area contributed by atoms with Crippen molar-refractivity contribution in [3.8, 4) is 5.75 Å². The van der Waals surface area contributed by atoms with Gasteiger partial charge in [-0.1, -0.05) is 29.0 Å². The third-order valence-corrected chi connectivity index (χ3v) is 6.54. The fourth-order valence-electron chi connectivity index (χ4n) is 3.75. The number of nitrogens with zero attached hydrogens (tertiary/aromatic N) is 4. The molecule has 3 aromatic heterocycles. The Labute approximate surface area is 184 Å². The number of nitrogens with one attached hydrogen (secondary N) is 1. The molecule has 0 saturated carbocycles. The van der Waals surface area contributed by atoms with Crippen LogP contribution in [0.4, 0.5) is 5.69 Å². The first-order chi connectivity index (χ1) is 15.3. The highest BCUT2D eigenvalue weighted by Crippen LogP contribution is 2.55. The van der Waals surface area contributed by atoms with E-state index in [1.165, 1.54) is 10.8 Å². The summed E-state index contributed by atoms with van der Waals surface area (Å²) in [7, 11) is -3.56. The second kappa shape index (κ2) is 7.45. The van der Waals surface area contributed by atoms with Gasteiger partial charge in [0.15, 0.2) is 5.84 Å². The molecule has 4 aromatic rings. The zero-order valence-corrected chi connectivity index (χ0v) is 17.7. The minimum absolute atomic E-state index is 0.118. The Hall–Kier alpha value is -3.73. The van der Waals surface area contributed by atoms with E-state index in [2.05, 4.69) is 19.7 Å². The van der Waals surface area contributed by atoms with E-state index in [9.17, 15) is 19.0 Å². The van der Waals surface area contributed by atoms with Crippen molar-refractivity contribution in [2.24, 2.45) is 4.40 Å². The van der Waals surface area contributed by atoms with Crippen LogP contribution in [0.25, 0.3) is 11.0 Å². The van der Waals surface area contributed by atoms with E-state index in [4.69, 9.17) is 0 Å². The van der Waals surface area contributed by atoms with Crippen LogP contribution in [0.1, 0.15) is 16.7 Å². The lowest BCUT2D eigenvalue weighted by molar-refractivity contribution is 0.477. The number of aryl methyl sites for hydroxylation is 1. The van der Waals surface area contributed by atoms with E-state index in [1.54, 1.807) is 48.8 Å². The first-order valence-corrected chi connectivity index (χ1v) is 11.2. The van der Waals surface area contributed by atoms with Crippen LogP contribution in [0.2, 0.25) is 0 Å². The van der Waals surface area contributed by atoms with Crippen molar-refractivity contribution in [1.82, 2.24) is 14.5 Å². The molecule has 0 fully saturated rings. The number of hydrogen-bond donors (Lipinski definition) is 4. The average Bonchev–Trinajstić information content (AvgIpc) is 2.76. The number of pyridine rings is 3. The topological polar surface area (TPSA) is 133 Å². The predicted molar refractivity (Wildman–Crippen MR) is 123 cm³/mol. The smallest absolute Gasteiger partial charge is 0.267 e. The molecule has 10 heteroatoms. The van der Waals surface area contributed by atoms with E-state index in [0.717, 1.165) is 11.1 Å². The Bertz CT molecular complexity index is 1460. The Morgan fingerprint density at radius 2 is 1.94 bits per heavy atom. The third-order valence-electron chi connectivity index (χ3n) is 5.16. The van der Waals surface area contributed by atoms with Crippen LogP contribution in [-0.2, 0) is 6.54 Å². The first-order valence-electron chi connectivity index (χ1n) is 9.71. The Morgan fingerprint density at radius 3 is 2.75 bits per heavy atom. The van der Waals surface area contributed by atoms with Gasteiger partial charge in [-0.15, -0.1) is 4.40 Å². The van der Waals surface area contributed by atoms with Gasteiger partial charge in [-0.05, 0) is 42.3 Å². The Balaban J connectivity index is 1.75. The van der Waals surface area contributed by atoms with Crippen LogP contribution in [0, 0.1) is 6.92 Å². The standard InChI is InChI=1S/C22H19N5O4S/c1-13-9-14(11-23-10-13)12-27-21-15(5-4-8-24-21)19(28)18(22(27)29)20-25-16-6-2-3-7-17(16)32(30,31)26-20/h2-11,28,30-31H,12H2,1H3,(H,25,26). The number of aromatic hydroxyl groups is 1. The monoisotopic (exact) mass is 449 g/mol. The summed E-state index contributed by atoms with van der Waals surface area (Å²) in [6, 6.07) is 11.8. The van der Waals surface area contributed by atoms with Gasteiger partial charge >= 0.3 is 0 Å². The zero-order valence-electron chi connectivity index (χ0n) is 16.9. The number of amidine groups is 1. The van der Waals surface area contributed by atoms with Gasteiger partial charge in [0.1, 0.15) is 21.9 Å². The second-order valence-corrected chi connectivity index (χ2v) is 9.10. The molecule has 1 aliphatic rings. The van der Waals surface area contributed by atoms with Crippen LogP contribution < -0.4 is 10.9 Å². The SMILES string of the molecule is Cc1cncc(Cn2c(=O)c(C3=NS(O)(O)c4ccccc4N3)c(O)c3cccnc32)c1. The molecule has 0 atom stereocenters. The van der Waals surface area contributed by atoms with Crippen molar-refractivity contribution < 1.29 is 14.2 Å². The number of fused-ring (bicyclic) bond motifs is 2. The summed E-state index contributed by atoms with van der Waals surface area (Å²) in [6.07, 6.45) is 4.91. The summed E-state index contributed by atoms with van der Waals surface area (Å²) in [5, 5.41) is 14.3. The van der Waals surface area contributed by atoms with Crippen molar-refractivity contribution in [2.45, 2.75) is 18.4 Å². The van der Waals surface area contributed by atoms with E-state index >= 15 is 0 Å². The molecular formula is C22H19N5O4S. The van der Waals surface area contributed by atoms with E-state index < -0.39 is 16.3 Å². The summed E-state index contributed by atoms with van der Waals surface area (Å²) < 4.78 is 26.6. The number of hydrogen-bond acceptors (Lipinski definition) is 8. The van der Waals surface area contributed by atoms with Crippen molar-refractivity contribution >= 4 is 33.3 Å². The summed E-state index contributed by atoms with van der Waals surface area (Å²) in [5.41, 5.74) is 1.68. The van der Waals surface area contributed by atoms with Crippen molar-refractivity contribution in [3.05, 3.63) is 88.1 Å². The number of para-hydroxylation sites is 1. The molecule has 0 aliphatic carbocycles.